The highest BCUT2D eigenvalue weighted by atomic mass is 19.4. The van der Waals surface area contributed by atoms with Crippen LogP contribution in [-0.4, -0.2) is 29.9 Å². The maximum atomic E-state index is 12.5. The number of rotatable bonds is 5. The fourth-order valence-corrected chi connectivity index (χ4v) is 2.74. The van der Waals surface area contributed by atoms with Crippen molar-refractivity contribution in [1.29, 1.82) is 0 Å². The second-order valence-electron chi connectivity index (χ2n) is 5.88. The number of benzene rings is 1. The SMILES string of the molecule is FC(F)(F)c1ccc(N2CC[C@H](COCc3ccccc3)C2)nn1. The first kappa shape index (κ1) is 16.7. The van der Waals surface area contributed by atoms with Crippen molar-refractivity contribution in [2.45, 2.75) is 19.2 Å². The van der Waals surface area contributed by atoms with E-state index in [1.165, 1.54) is 6.07 Å². The number of hydrogen-bond donors (Lipinski definition) is 0. The molecule has 0 amide bonds. The van der Waals surface area contributed by atoms with Crippen molar-refractivity contribution in [3.05, 3.63) is 53.7 Å². The van der Waals surface area contributed by atoms with E-state index < -0.39 is 11.9 Å². The van der Waals surface area contributed by atoms with Crippen LogP contribution in [0.5, 0.6) is 0 Å². The van der Waals surface area contributed by atoms with Crippen molar-refractivity contribution in [2.75, 3.05) is 24.6 Å². The third-order valence-electron chi connectivity index (χ3n) is 4.02. The molecule has 0 aliphatic carbocycles. The molecule has 24 heavy (non-hydrogen) atoms. The van der Waals surface area contributed by atoms with Gasteiger partial charge in [-0.1, -0.05) is 30.3 Å². The minimum Gasteiger partial charge on any atom is -0.376 e. The summed E-state index contributed by atoms with van der Waals surface area (Å²) in [4.78, 5) is 1.95. The maximum absolute atomic E-state index is 12.5. The van der Waals surface area contributed by atoms with Gasteiger partial charge in [-0.25, -0.2) is 0 Å². The maximum Gasteiger partial charge on any atom is 0.435 e. The fraction of sp³-hybridized carbons (Fsp3) is 0.412. The lowest BCUT2D eigenvalue weighted by molar-refractivity contribution is -0.141. The summed E-state index contributed by atoms with van der Waals surface area (Å²) >= 11 is 0. The quantitative estimate of drug-likeness (QED) is 0.836. The molecule has 1 fully saturated rings. The summed E-state index contributed by atoms with van der Waals surface area (Å²) in [5.41, 5.74) is 0.161. The van der Waals surface area contributed by atoms with Gasteiger partial charge in [-0.05, 0) is 24.1 Å². The van der Waals surface area contributed by atoms with Crippen LogP contribution in [0.3, 0.4) is 0 Å². The first-order valence-electron chi connectivity index (χ1n) is 7.80. The second kappa shape index (κ2) is 7.17. The first-order chi connectivity index (χ1) is 11.5. The molecular weight excluding hydrogens is 319 g/mol. The van der Waals surface area contributed by atoms with Crippen LogP contribution in [0.25, 0.3) is 0 Å². The van der Waals surface area contributed by atoms with Crippen LogP contribution in [0.1, 0.15) is 17.7 Å². The van der Waals surface area contributed by atoms with Gasteiger partial charge in [0, 0.05) is 19.0 Å². The van der Waals surface area contributed by atoms with E-state index in [1.807, 2.05) is 35.2 Å². The summed E-state index contributed by atoms with van der Waals surface area (Å²) in [6.07, 6.45) is -3.53. The Balaban J connectivity index is 1.48. The molecule has 0 saturated carbocycles. The Bertz CT molecular complexity index is 646. The van der Waals surface area contributed by atoms with Crippen LogP contribution in [0, 0.1) is 5.92 Å². The molecule has 4 nitrogen and oxygen atoms in total. The molecule has 1 aromatic carbocycles. The van der Waals surface area contributed by atoms with Gasteiger partial charge in [0.05, 0.1) is 13.2 Å². The fourth-order valence-electron chi connectivity index (χ4n) is 2.74. The summed E-state index contributed by atoms with van der Waals surface area (Å²) in [6, 6.07) is 12.3. The standard InChI is InChI=1S/C17H18F3N3O/c18-17(19,20)15-6-7-16(22-21-15)23-9-8-14(10-23)12-24-11-13-4-2-1-3-5-13/h1-7,14H,8-12H2/t14-/m0/s1. The third kappa shape index (κ3) is 4.23. The van der Waals surface area contributed by atoms with Crippen LogP contribution in [0.2, 0.25) is 0 Å². The van der Waals surface area contributed by atoms with Crippen molar-refractivity contribution in [3.8, 4) is 0 Å². The Hall–Kier alpha value is -2.15. The molecule has 0 unspecified atom stereocenters. The van der Waals surface area contributed by atoms with E-state index in [2.05, 4.69) is 10.2 Å². The normalized spacial score (nSPS) is 18.1. The zero-order valence-corrected chi connectivity index (χ0v) is 13.0. The van der Waals surface area contributed by atoms with Crippen molar-refractivity contribution >= 4 is 5.82 Å². The molecule has 128 valence electrons. The summed E-state index contributed by atoms with van der Waals surface area (Å²) in [5.74, 6) is 0.825. The Morgan fingerprint density at radius 3 is 2.54 bits per heavy atom. The highest BCUT2D eigenvalue weighted by Crippen LogP contribution is 2.28. The van der Waals surface area contributed by atoms with Crippen LogP contribution in [0.15, 0.2) is 42.5 Å². The van der Waals surface area contributed by atoms with Gasteiger partial charge in [-0.3, -0.25) is 0 Å². The van der Waals surface area contributed by atoms with E-state index in [1.54, 1.807) is 0 Å². The lowest BCUT2D eigenvalue weighted by Crippen LogP contribution is -2.23. The summed E-state index contributed by atoms with van der Waals surface area (Å²) in [6.45, 7) is 2.66. The van der Waals surface area contributed by atoms with Gasteiger partial charge in [0.25, 0.3) is 0 Å². The van der Waals surface area contributed by atoms with Crippen LogP contribution in [-0.2, 0) is 17.5 Å². The van der Waals surface area contributed by atoms with E-state index in [0.29, 0.717) is 24.9 Å². The van der Waals surface area contributed by atoms with Crippen LogP contribution < -0.4 is 4.90 Å². The number of nitrogens with zero attached hydrogens (tertiary/aromatic N) is 3. The van der Waals surface area contributed by atoms with Gasteiger partial charge in [0.15, 0.2) is 11.5 Å². The van der Waals surface area contributed by atoms with Gasteiger partial charge in [0.2, 0.25) is 0 Å². The zero-order valence-electron chi connectivity index (χ0n) is 13.0. The van der Waals surface area contributed by atoms with Gasteiger partial charge in [-0.2, -0.15) is 13.2 Å². The Kier molecular flexibility index (Phi) is 4.99. The molecule has 0 N–H and O–H groups in total. The highest BCUT2D eigenvalue weighted by molar-refractivity contribution is 5.38. The largest absolute Gasteiger partial charge is 0.435 e. The number of alkyl halides is 3. The molecule has 0 bridgehead atoms. The molecule has 1 aliphatic rings. The van der Waals surface area contributed by atoms with E-state index in [9.17, 15) is 13.2 Å². The van der Waals surface area contributed by atoms with Crippen LogP contribution in [0.4, 0.5) is 19.0 Å². The second-order valence-corrected chi connectivity index (χ2v) is 5.88. The Morgan fingerprint density at radius 2 is 1.88 bits per heavy atom. The minimum absolute atomic E-state index is 0.345. The van der Waals surface area contributed by atoms with E-state index in [0.717, 1.165) is 31.1 Å². The third-order valence-corrected chi connectivity index (χ3v) is 4.02. The lowest BCUT2D eigenvalue weighted by Gasteiger charge is -2.17. The summed E-state index contributed by atoms with van der Waals surface area (Å²) in [5, 5.41) is 6.98. The first-order valence-corrected chi connectivity index (χ1v) is 7.80. The van der Waals surface area contributed by atoms with E-state index in [-0.39, 0.29) is 0 Å². The monoisotopic (exact) mass is 337 g/mol. The van der Waals surface area contributed by atoms with Crippen molar-refractivity contribution in [3.63, 3.8) is 0 Å². The minimum atomic E-state index is -4.45. The molecule has 7 heteroatoms. The van der Waals surface area contributed by atoms with Gasteiger partial charge in [0.1, 0.15) is 0 Å². The molecular formula is C17H18F3N3O. The molecule has 2 aromatic rings. The molecule has 1 atom stereocenters. The molecule has 1 aromatic heterocycles. The summed E-state index contributed by atoms with van der Waals surface area (Å²) < 4.78 is 43.3. The molecule has 1 saturated heterocycles. The van der Waals surface area contributed by atoms with Crippen molar-refractivity contribution in [2.24, 2.45) is 5.92 Å². The number of anilines is 1. The average Bonchev–Trinajstić information content (AvgIpc) is 3.04. The van der Waals surface area contributed by atoms with E-state index >= 15 is 0 Å². The van der Waals surface area contributed by atoms with E-state index in [4.69, 9.17) is 4.74 Å². The van der Waals surface area contributed by atoms with Crippen LogP contribution >= 0.6 is 0 Å². The number of hydrogen-bond acceptors (Lipinski definition) is 4. The predicted octanol–water partition coefficient (Wildman–Crippen LogP) is 3.54. The average molecular weight is 337 g/mol. The smallest absolute Gasteiger partial charge is 0.376 e. The number of ether oxygens (including phenoxy) is 1. The number of halogens is 3. The van der Waals surface area contributed by atoms with Gasteiger partial charge < -0.3 is 9.64 Å². The highest BCUT2D eigenvalue weighted by Gasteiger charge is 2.33. The van der Waals surface area contributed by atoms with Gasteiger partial charge in [-0.15, -0.1) is 10.2 Å². The molecule has 0 spiro atoms. The molecule has 3 rings (SSSR count). The Labute approximate surface area is 138 Å². The molecule has 2 heterocycles. The summed E-state index contributed by atoms with van der Waals surface area (Å²) in [7, 11) is 0. The molecule has 0 radical (unpaired) electrons. The lowest BCUT2D eigenvalue weighted by atomic mass is 10.1. The number of aromatic nitrogens is 2. The van der Waals surface area contributed by atoms with Crippen molar-refractivity contribution < 1.29 is 17.9 Å². The predicted molar refractivity (Wildman–Crippen MR) is 83.5 cm³/mol. The van der Waals surface area contributed by atoms with Crippen molar-refractivity contribution in [1.82, 2.24) is 10.2 Å². The van der Waals surface area contributed by atoms with Gasteiger partial charge >= 0.3 is 6.18 Å². The topological polar surface area (TPSA) is 38.2 Å². The zero-order chi connectivity index (χ0) is 17.0. The Morgan fingerprint density at radius 1 is 1.08 bits per heavy atom. The molecule has 1 aliphatic heterocycles.